The van der Waals surface area contributed by atoms with Gasteiger partial charge in [-0.1, -0.05) is 0 Å². The van der Waals surface area contributed by atoms with E-state index in [0.717, 1.165) is 23.5 Å². The Hall–Kier alpha value is -2.24. The first kappa shape index (κ1) is 17.1. The molecule has 0 heterocycles. The molecule has 126 valence electrons. The summed E-state index contributed by atoms with van der Waals surface area (Å²) in [4.78, 5) is 23.3. The zero-order chi connectivity index (χ0) is 17.2. The molecule has 1 aliphatic carbocycles. The molecule has 1 amide bonds. The summed E-state index contributed by atoms with van der Waals surface area (Å²) in [5.41, 5.74) is -0.0299. The normalized spacial score (nSPS) is 19.8. The second-order valence-electron chi connectivity index (χ2n) is 6.46. The fourth-order valence-corrected chi connectivity index (χ4v) is 2.47. The summed E-state index contributed by atoms with van der Waals surface area (Å²) in [6, 6.07) is 5.53. The molecule has 1 aromatic carbocycles. The first-order valence-corrected chi connectivity index (χ1v) is 7.53. The molecule has 0 aliphatic heterocycles. The van der Waals surface area contributed by atoms with E-state index in [4.69, 9.17) is 14.6 Å². The van der Waals surface area contributed by atoms with Gasteiger partial charge in [0, 0.05) is 23.9 Å². The number of amides is 1. The molecule has 2 unspecified atom stereocenters. The first-order valence-electron chi connectivity index (χ1n) is 7.53. The van der Waals surface area contributed by atoms with Crippen molar-refractivity contribution in [2.45, 2.75) is 26.2 Å². The van der Waals surface area contributed by atoms with Crippen molar-refractivity contribution in [3.8, 4) is 11.5 Å². The lowest BCUT2D eigenvalue weighted by molar-refractivity contribution is -0.146. The molecule has 6 heteroatoms. The SMILES string of the molecule is COc1ccc(OC)c(C2CC2C(=O)NCC(C)(C)C(=O)O)c1. The summed E-state index contributed by atoms with van der Waals surface area (Å²) in [6.45, 7) is 3.29. The molecule has 1 saturated carbocycles. The van der Waals surface area contributed by atoms with Crippen LogP contribution in [0.4, 0.5) is 0 Å². The maximum Gasteiger partial charge on any atom is 0.310 e. The molecule has 6 nitrogen and oxygen atoms in total. The molecule has 1 aromatic rings. The fourth-order valence-electron chi connectivity index (χ4n) is 2.47. The van der Waals surface area contributed by atoms with Crippen LogP contribution >= 0.6 is 0 Å². The van der Waals surface area contributed by atoms with Crippen molar-refractivity contribution in [2.24, 2.45) is 11.3 Å². The highest BCUT2D eigenvalue weighted by molar-refractivity contribution is 5.84. The number of hydrogen-bond donors (Lipinski definition) is 2. The summed E-state index contributed by atoms with van der Waals surface area (Å²) in [6.07, 6.45) is 0.725. The molecule has 2 rings (SSSR count). The van der Waals surface area contributed by atoms with E-state index in [1.54, 1.807) is 28.1 Å². The molecule has 0 aromatic heterocycles. The Balaban J connectivity index is 2.02. The van der Waals surface area contributed by atoms with Gasteiger partial charge in [0.15, 0.2) is 0 Å². The van der Waals surface area contributed by atoms with E-state index in [-0.39, 0.29) is 24.3 Å². The number of benzene rings is 1. The van der Waals surface area contributed by atoms with E-state index in [9.17, 15) is 9.59 Å². The topological polar surface area (TPSA) is 84.9 Å². The standard InChI is InChI=1S/C17H23NO5/c1-17(2,16(20)21)9-18-15(19)13-8-11(13)12-7-10(22-3)5-6-14(12)23-4/h5-7,11,13H,8-9H2,1-4H3,(H,18,19)(H,20,21). The van der Waals surface area contributed by atoms with Gasteiger partial charge in [0.05, 0.1) is 19.6 Å². The summed E-state index contributed by atoms with van der Waals surface area (Å²) < 4.78 is 10.6. The Morgan fingerprint density at radius 2 is 2.00 bits per heavy atom. The van der Waals surface area contributed by atoms with Gasteiger partial charge in [0.25, 0.3) is 0 Å². The number of methoxy groups -OCH3 is 2. The van der Waals surface area contributed by atoms with E-state index < -0.39 is 11.4 Å². The van der Waals surface area contributed by atoms with Crippen molar-refractivity contribution >= 4 is 11.9 Å². The molecule has 0 bridgehead atoms. The second-order valence-corrected chi connectivity index (χ2v) is 6.46. The Morgan fingerprint density at radius 1 is 1.30 bits per heavy atom. The number of hydrogen-bond acceptors (Lipinski definition) is 4. The Labute approximate surface area is 135 Å². The van der Waals surface area contributed by atoms with E-state index in [2.05, 4.69) is 5.32 Å². The van der Waals surface area contributed by atoms with Crippen LogP contribution in [-0.4, -0.2) is 37.7 Å². The Bertz CT molecular complexity index is 611. The van der Waals surface area contributed by atoms with E-state index in [0.29, 0.717) is 0 Å². The number of carboxylic acid groups (broad SMARTS) is 1. The van der Waals surface area contributed by atoms with Crippen LogP contribution in [0.15, 0.2) is 18.2 Å². The van der Waals surface area contributed by atoms with Crippen LogP contribution in [0, 0.1) is 11.3 Å². The first-order chi connectivity index (χ1) is 10.8. The van der Waals surface area contributed by atoms with Crippen LogP contribution in [0.3, 0.4) is 0 Å². The van der Waals surface area contributed by atoms with Crippen molar-refractivity contribution in [1.29, 1.82) is 0 Å². The minimum absolute atomic E-state index is 0.0768. The largest absolute Gasteiger partial charge is 0.497 e. The van der Waals surface area contributed by atoms with Gasteiger partial charge in [-0.25, -0.2) is 0 Å². The molecule has 0 spiro atoms. The molecular weight excluding hydrogens is 298 g/mol. The average Bonchev–Trinajstić information content (AvgIpc) is 3.32. The van der Waals surface area contributed by atoms with Crippen LogP contribution < -0.4 is 14.8 Å². The molecule has 1 fully saturated rings. The summed E-state index contributed by atoms with van der Waals surface area (Å²) in [5.74, 6) is 0.332. The van der Waals surface area contributed by atoms with E-state index in [1.807, 2.05) is 18.2 Å². The van der Waals surface area contributed by atoms with E-state index in [1.165, 1.54) is 0 Å². The third-order valence-corrected chi connectivity index (χ3v) is 4.25. The second kappa shape index (κ2) is 6.48. The molecule has 2 N–H and O–H groups in total. The number of rotatable bonds is 7. The number of ether oxygens (including phenoxy) is 2. The van der Waals surface area contributed by atoms with Crippen LogP contribution in [0.5, 0.6) is 11.5 Å². The van der Waals surface area contributed by atoms with Gasteiger partial charge in [0.2, 0.25) is 5.91 Å². The Morgan fingerprint density at radius 3 is 2.57 bits per heavy atom. The number of carboxylic acids is 1. The van der Waals surface area contributed by atoms with Crippen molar-refractivity contribution in [3.63, 3.8) is 0 Å². The van der Waals surface area contributed by atoms with Gasteiger partial charge in [-0.15, -0.1) is 0 Å². The predicted octanol–water partition coefficient (Wildman–Crippen LogP) is 2.03. The average molecular weight is 321 g/mol. The summed E-state index contributed by atoms with van der Waals surface area (Å²) in [5, 5.41) is 11.8. The predicted molar refractivity (Wildman–Crippen MR) is 84.8 cm³/mol. The monoisotopic (exact) mass is 321 g/mol. The Kier molecular flexibility index (Phi) is 4.82. The van der Waals surface area contributed by atoms with Crippen LogP contribution in [0.1, 0.15) is 31.7 Å². The molecule has 2 atom stereocenters. The quantitative estimate of drug-likeness (QED) is 0.803. The van der Waals surface area contributed by atoms with Crippen LogP contribution in [-0.2, 0) is 9.59 Å². The maximum absolute atomic E-state index is 12.2. The zero-order valence-electron chi connectivity index (χ0n) is 13.9. The van der Waals surface area contributed by atoms with Crippen molar-refractivity contribution in [3.05, 3.63) is 23.8 Å². The van der Waals surface area contributed by atoms with Crippen molar-refractivity contribution in [1.82, 2.24) is 5.32 Å². The van der Waals surface area contributed by atoms with Gasteiger partial charge in [-0.05, 0) is 38.5 Å². The number of nitrogens with one attached hydrogen (secondary N) is 1. The highest BCUT2D eigenvalue weighted by atomic mass is 16.5. The number of carbonyl (C=O) groups excluding carboxylic acids is 1. The third-order valence-electron chi connectivity index (χ3n) is 4.25. The van der Waals surface area contributed by atoms with Crippen molar-refractivity contribution < 1.29 is 24.2 Å². The van der Waals surface area contributed by atoms with Crippen LogP contribution in [0.25, 0.3) is 0 Å². The lowest BCUT2D eigenvalue weighted by Gasteiger charge is -2.19. The van der Waals surface area contributed by atoms with E-state index >= 15 is 0 Å². The minimum atomic E-state index is -0.978. The van der Waals surface area contributed by atoms with Gasteiger partial charge in [-0.2, -0.15) is 0 Å². The zero-order valence-corrected chi connectivity index (χ0v) is 13.9. The van der Waals surface area contributed by atoms with Crippen LogP contribution in [0.2, 0.25) is 0 Å². The third kappa shape index (κ3) is 3.75. The maximum atomic E-state index is 12.2. The summed E-state index contributed by atoms with van der Waals surface area (Å²) in [7, 11) is 3.19. The molecule has 1 aliphatic rings. The minimum Gasteiger partial charge on any atom is -0.497 e. The van der Waals surface area contributed by atoms with Crippen molar-refractivity contribution in [2.75, 3.05) is 20.8 Å². The fraction of sp³-hybridized carbons (Fsp3) is 0.529. The smallest absolute Gasteiger partial charge is 0.310 e. The van der Waals surface area contributed by atoms with Gasteiger partial charge in [-0.3, -0.25) is 9.59 Å². The molecular formula is C17H23NO5. The van der Waals surface area contributed by atoms with Gasteiger partial charge < -0.3 is 19.9 Å². The number of carbonyl (C=O) groups is 2. The molecule has 23 heavy (non-hydrogen) atoms. The van der Waals surface area contributed by atoms with Gasteiger partial charge in [0.1, 0.15) is 11.5 Å². The lowest BCUT2D eigenvalue weighted by atomic mass is 9.94. The molecule has 0 radical (unpaired) electrons. The highest BCUT2D eigenvalue weighted by Crippen LogP contribution is 2.51. The highest BCUT2D eigenvalue weighted by Gasteiger charge is 2.46. The summed E-state index contributed by atoms with van der Waals surface area (Å²) >= 11 is 0. The lowest BCUT2D eigenvalue weighted by Crippen LogP contribution is -2.39. The van der Waals surface area contributed by atoms with Gasteiger partial charge >= 0.3 is 5.97 Å². The molecule has 0 saturated heterocycles. The number of aliphatic carboxylic acids is 1.